The largest absolute Gasteiger partial charge is 0.370 e. The van der Waals surface area contributed by atoms with E-state index in [1.54, 1.807) is 0 Å². The van der Waals surface area contributed by atoms with Crippen LogP contribution in [0.2, 0.25) is 0 Å². The Morgan fingerprint density at radius 2 is 1.70 bits per heavy atom. The van der Waals surface area contributed by atoms with Gasteiger partial charge in [-0.05, 0) is 25.3 Å². The first kappa shape index (κ1) is 18.5. The highest BCUT2D eigenvalue weighted by atomic mass is 15.3. The lowest BCUT2D eigenvalue weighted by atomic mass is 10.1. The number of rotatable bonds is 6. The fourth-order valence-electron chi connectivity index (χ4n) is 3.72. The highest BCUT2D eigenvalue weighted by Crippen LogP contribution is 2.17. The van der Waals surface area contributed by atoms with E-state index in [0.717, 1.165) is 13.1 Å². The average Bonchev–Trinajstić information content (AvgIpc) is 2.82. The maximum Gasteiger partial charge on any atom is 0.188 e. The zero-order valence-electron chi connectivity index (χ0n) is 15.3. The standard InChI is InChI=1S/C18H37N5/c1-3-22-10-12-23(13-11-22)15-16(2)14-20-18(19)21-17-8-6-4-5-7-9-17/h16-17H,3-15H2,1-2H3,(H3,19,20,21). The molecule has 1 atom stereocenters. The predicted molar refractivity (Wildman–Crippen MR) is 98.8 cm³/mol. The van der Waals surface area contributed by atoms with Crippen LogP contribution in [0, 0.1) is 5.92 Å². The van der Waals surface area contributed by atoms with Crippen LogP contribution >= 0.6 is 0 Å². The summed E-state index contributed by atoms with van der Waals surface area (Å²) in [5.41, 5.74) is 6.09. The first-order valence-electron chi connectivity index (χ1n) is 9.68. The van der Waals surface area contributed by atoms with Crippen molar-refractivity contribution in [1.82, 2.24) is 15.1 Å². The Kier molecular flexibility index (Phi) is 8.17. The molecule has 0 spiro atoms. The molecule has 1 saturated carbocycles. The van der Waals surface area contributed by atoms with Crippen LogP contribution in [0.4, 0.5) is 0 Å². The number of nitrogens with zero attached hydrogens (tertiary/aromatic N) is 3. The molecule has 23 heavy (non-hydrogen) atoms. The van der Waals surface area contributed by atoms with Gasteiger partial charge in [-0.3, -0.25) is 4.99 Å². The SMILES string of the molecule is CCN1CCN(CC(C)CN=C(N)NC2CCCCCC2)CC1. The molecule has 0 bridgehead atoms. The second-order valence-electron chi connectivity index (χ2n) is 7.40. The number of hydrogen-bond donors (Lipinski definition) is 2. The summed E-state index contributed by atoms with van der Waals surface area (Å²) in [6.45, 7) is 12.5. The van der Waals surface area contributed by atoms with Gasteiger partial charge in [0.15, 0.2) is 5.96 Å². The molecule has 0 aromatic rings. The second-order valence-corrected chi connectivity index (χ2v) is 7.40. The van der Waals surface area contributed by atoms with Crippen molar-refractivity contribution in [2.75, 3.05) is 45.8 Å². The number of piperazine rings is 1. The zero-order valence-corrected chi connectivity index (χ0v) is 15.3. The van der Waals surface area contributed by atoms with Gasteiger partial charge in [0.2, 0.25) is 0 Å². The van der Waals surface area contributed by atoms with Crippen molar-refractivity contribution in [3.05, 3.63) is 0 Å². The summed E-state index contributed by atoms with van der Waals surface area (Å²) in [6, 6.07) is 0.540. The van der Waals surface area contributed by atoms with Crippen molar-refractivity contribution in [2.24, 2.45) is 16.6 Å². The van der Waals surface area contributed by atoms with Gasteiger partial charge in [0.05, 0.1) is 0 Å². The molecule has 0 aromatic heterocycles. The number of nitrogens with two attached hydrogens (primary N) is 1. The lowest BCUT2D eigenvalue weighted by Crippen LogP contribution is -2.47. The normalized spacial score (nSPS) is 24.3. The van der Waals surface area contributed by atoms with Crippen LogP contribution in [0.3, 0.4) is 0 Å². The fourth-order valence-corrected chi connectivity index (χ4v) is 3.72. The Hall–Kier alpha value is -0.810. The van der Waals surface area contributed by atoms with Crippen LogP contribution in [-0.4, -0.2) is 67.6 Å². The minimum absolute atomic E-state index is 0.540. The first-order valence-corrected chi connectivity index (χ1v) is 9.68. The number of guanidine groups is 1. The third-order valence-corrected chi connectivity index (χ3v) is 5.26. The molecule has 3 N–H and O–H groups in total. The first-order chi connectivity index (χ1) is 11.2. The molecule has 5 nitrogen and oxygen atoms in total. The van der Waals surface area contributed by atoms with Crippen LogP contribution in [-0.2, 0) is 0 Å². The van der Waals surface area contributed by atoms with E-state index in [9.17, 15) is 0 Å². The number of hydrogen-bond acceptors (Lipinski definition) is 3. The number of aliphatic imine (C=N–C) groups is 1. The fraction of sp³-hybridized carbons (Fsp3) is 0.944. The van der Waals surface area contributed by atoms with Gasteiger partial charge in [0.25, 0.3) is 0 Å². The van der Waals surface area contributed by atoms with E-state index >= 15 is 0 Å². The maximum atomic E-state index is 6.09. The summed E-state index contributed by atoms with van der Waals surface area (Å²) in [7, 11) is 0. The summed E-state index contributed by atoms with van der Waals surface area (Å²) < 4.78 is 0. The summed E-state index contributed by atoms with van der Waals surface area (Å²) in [6.07, 6.45) is 7.88. The molecule has 1 aliphatic heterocycles. The van der Waals surface area contributed by atoms with Gasteiger partial charge in [-0.25, -0.2) is 0 Å². The lowest BCUT2D eigenvalue weighted by Gasteiger charge is -2.35. The van der Waals surface area contributed by atoms with E-state index in [1.165, 1.54) is 71.2 Å². The van der Waals surface area contributed by atoms with Crippen LogP contribution in [0.5, 0.6) is 0 Å². The van der Waals surface area contributed by atoms with E-state index in [1.807, 2.05) is 0 Å². The molecule has 1 aliphatic carbocycles. The summed E-state index contributed by atoms with van der Waals surface area (Å²) in [5, 5.41) is 3.44. The zero-order chi connectivity index (χ0) is 16.5. The van der Waals surface area contributed by atoms with E-state index in [2.05, 4.69) is 34.0 Å². The molecule has 1 saturated heterocycles. The predicted octanol–water partition coefficient (Wildman–Crippen LogP) is 1.89. The van der Waals surface area contributed by atoms with Gasteiger partial charge in [0.1, 0.15) is 0 Å². The van der Waals surface area contributed by atoms with Crippen LogP contribution in [0.1, 0.15) is 52.4 Å². The molecule has 1 unspecified atom stereocenters. The van der Waals surface area contributed by atoms with E-state index in [4.69, 9.17) is 5.73 Å². The van der Waals surface area contributed by atoms with E-state index in [-0.39, 0.29) is 0 Å². The molecular formula is C18H37N5. The molecule has 0 amide bonds. The molecule has 5 heteroatoms. The molecule has 2 rings (SSSR count). The smallest absolute Gasteiger partial charge is 0.188 e. The second kappa shape index (κ2) is 10.1. The monoisotopic (exact) mass is 323 g/mol. The minimum atomic E-state index is 0.540. The van der Waals surface area contributed by atoms with E-state index in [0.29, 0.717) is 17.9 Å². The summed E-state index contributed by atoms with van der Waals surface area (Å²) in [5.74, 6) is 1.22. The van der Waals surface area contributed by atoms with Gasteiger partial charge >= 0.3 is 0 Å². The van der Waals surface area contributed by atoms with Crippen LogP contribution < -0.4 is 11.1 Å². The highest BCUT2D eigenvalue weighted by molar-refractivity contribution is 5.78. The lowest BCUT2D eigenvalue weighted by molar-refractivity contribution is 0.125. The Bertz CT molecular complexity index is 341. The average molecular weight is 324 g/mol. The molecule has 2 fully saturated rings. The minimum Gasteiger partial charge on any atom is -0.370 e. The van der Waals surface area contributed by atoms with Gasteiger partial charge in [-0.1, -0.05) is 39.5 Å². The van der Waals surface area contributed by atoms with E-state index < -0.39 is 0 Å². The summed E-state index contributed by atoms with van der Waals surface area (Å²) >= 11 is 0. The van der Waals surface area contributed by atoms with Gasteiger partial charge in [-0.15, -0.1) is 0 Å². The Balaban J connectivity index is 1.65. The van der Waals surface area contributed by atoms with Gasteiger partial charge in [0, 0.05) is 45.3 Å². The van der Waals surface area contributed by atoms with Crippen molar-refractivity contribution < 1.29 is 0 Å². The molecular weight excluding hydrogens is 286 g/mol. The summed E-state index contributed by atoms with van der Waals surface area (Å²) in [4.78, 5) is 9.68. The van der Waals surface area contributed by atoms with Crippen molar-refractivity contribution in [3.8, 4) is 0 Å². The van der Waals surface area contributed by atoms with Crippen molar-refractivity contribution in [1.29, 1.82) is 0 Å². The molecule has 0 aromatic carbocycles. The molecule has 1 heterocycles. The van der Waals surface area contributed by atoms with Crippen molar-refractivity contribution >= 4 is 5.96 Å². The van der Waals surface area contributed by atoms with Gasteiger partial charge < -0.3 is 20.9 Å². The van der Waals surface area contributed by atoms with Crippen LogP contribution in [0.25, 0.3) is 0 Å². The Morgan fingerprint density at radius 1 is 1.09 bits per heavy atom. The third-order valence-electron chi connectivity index (χ3n) is 5.26. The quantitative estimate of drug-likeness (QED) is 0.445. The highest BCUT2D eigenvalue weighted by Gasteiger charge is 2.17. The van der Waals surface area contributed by atoms with Crippen molar-refractivity contribution in [2.45, 2.75) is 58.4 Å². The number of likely N-dealkylation sites (N-methyl/N-ethyl adjacent to an activating group) is 1. The Labute approximate surface area is 142 Å². The third kappa shape index (κ3) is 7.08. The molecule has 134 valence electrons. The molecule has 2 aliphatic rings. The number of nitrogens with one attached hydrogen (secondary N) is 1. The maximum absolute atomic E-state index is 6.09. The Morgan fingerprint density at radius 3 is 2.30 bits per heavy atom. The topological polar surface area (TPSA) is 56.9 Å². The van der Waals surface area contributed by atoms with Crippen LogP contribution in [0.15, 0.2) is 4.99 Å². The van der Waals surface area contributed by atoms with Gasteiger partial charge in [-0.2, -0.15) is 0 Å². The molecule has 0 radical (unpaired) electrons. The van der Waals surface area contributed by atoms with Crippen molar-refractivity contribution in [3.63, 3.8) is 0 Å².